The van der Waals surface area contributed by atoms with Crippen LogP contribution < -0.4 is 4.31 Å². The summed E-state index contributed by atoms with van der Waals surface area (Å²) >= 11 is 0. The zero-order chi connectivity index (χ0) is 16.6. The van der Waals surface area contributed by atoms with Crippen LogP contribution in [-0.2, 0) is 16.4 Å². The van der Waals surface area contributed by atoms with Gasteiger partial charge in [-0.05, 0) is 55.7 Å². The average molecular weight is 331 g/mol. The van der Waals surface area contributed by atoms with Crippen LogP contribution in [0.15, 0.2) is 53.4 Å². The first-order chi connectivity index (χ1) is 10.9. The summed E-state index contributed by atoms with van der Waals surface area (Å²) < 4.78 is 27.5. The highest BCUT2D eigenvalue weighted by atomic mass is 32.2. The number of fused-ring (bicyclic) bond motifs is 1. The van der Waals surface area contributed by atoms with Gasteiger partial charge in [0.2, 0.25) is 0 Å². The van der Waals surface area contributed by atoms with Gasteiger partial charge in [-0.15, -0.1) is 0 Å². The van der Waals surface area contributed by atoms with E-state index in [1.807, 2.05) is 31.2 Å². The summed E-state index contributed by atoms with van der Waals surface area (Å²) in [6.07, 6.45) is 1.60. The lowest BCUT2D eigenvalue weighted by molar-refractivity contribution is 0.0696. The number of carboxylic acids is 1. The first kappa shape index (κ1) is 15.6. The highest BCUT2D eigenvalue weighted by molar-refractivity contribution is 7.92. The van der Waals surface area contributed by atoms with Crippen molar-refractivity contribution in [3.05, 3.63) is 59.7 Å². The van der Waals surface area contributed by atoms with Crippen LogP contribution in [0.5, 0.6) is 0 Å². The third-order valence-electron chi connectivity index (χ3n) is 4.12. The molecule has 0 fully saturated rings. The number of rotatable bonds is 3. The lowest BCUT2D eigenvalue weighted by Crippen LogP contribution is -2.42. The van der Waals surface area contributed by atoms with Crippen molar-refractivity contribution in [3.8, 4) is 0 Å². The number of carboxylic acid groups (broad SMARTS) is 1. The van der Waals surface area contributed by atoms with Crippen LogP contribution in [0.4, 0.5) is 5.69 Å². The van der Waals surface area contributed by atoms with Gasteiger partial charge < -0.3 is 5.11 Å². The van der Waals surface area contributed by atoms with E-state index in [9.17, 15) is 13.2 Å². The number of benzene rings is 2. The molecule has 0 radical (unpaired) electrons. The Balaban J connectivity index is 2.07. The number of anilines is 1. The predicted molar refractivity (Wildman–Crippen MR) is 87.3 cm³/mol. The number of hydrogen-bond acceptors (Lipinski definition) is 3. The van der Waals surface area contributed by atoms with E-state index >= 15 is 0 Å². The van der Waals surface area contributed by atoms with Gasteiger partial charge in [-0.1, -0.05) is 18.2 Å². The highest BCUT2D eigenvalue weighted by Gasteiger charge is 2.33. The maximum atomic E-state index is 13.0. The fourth-order valence-electron chi connectivity index (χ4n) is 2.91. The normalized spacial score (nSPS) is 17.6. The molecule has 0 aliphatic carbocycles. The molecule has 1 heterocycles. The zero-order valence-electron chi connectivity index (χ0n) is 12.6. The molecule has 3 rings (SSSR count). The molecule has 120 valence electrons. The Hall–Kier alpha value is -2.34. The second kappa shape index (κ2) is 5.70. The largest absolute Gasteiger partial charge is 0.478 e. The molecule has 0 aromatic heterocycles. The van der Waals surface area contributed by atoms with Gasteiger partial charge in [0.25, 0.3) is 10.0 Å². The van der Waals surface area contributed by atoms with Crippen LogP contribution >= 0.6 is 0 Å². The Morgan fingerprint density at radius 1 is 1.13 bits per heavy atom. The summed E-state index contributed by atoms with van der Waals surface area (Å²) in [5.74, 6) is -1.08. The number of sulfonamides is 1. The minimum absolute atomic E-state index is 0.0658. The Kier molecular flexibility index (Phi) is 3.85. The van der Waals surface area contributed by atoms with Gasteiger partial charge in [0, 0.05) is 6.04 Å². The number of aryl methyl sites for hydroxylation is 1. The molecular formula is C17H17NO4S. The summed E-state index contributed by atoms with van der Waals surface area (Å²) in [6.45, 7) is 1.89. The fraction of sp³-hybridized carbons (Fsp3) is 0.235. The lowest BCUT2D eigenvalue weighted by atomic mass is 9.99. The van der Waals surface area contributed by atoms with Gasteiger partial charge in [-0.25, -0.2) is 13.2 Å². The molecule has 1 atom stereocenters. The molecule has 0 saturated heterocycles. The van der Waals surface area contributed by atoms with Crippen molar-refractivity contribution in [1.82, 2.24) is 0 Å². The standard InChI is InChI=1S/C17H17NO4S/c1-12-6-7-13-4-2-3-5-16(13)18(12)23(21,22)15-10-8-14(9-11-15)17(19)20/h2-5,8-12H,6-7H2,1H3,(H,19,20)/t12-/m0/s1. The third kappa shape index (κ3) is 2.70. The van der Waals surface area contributed by atoms with Gasteiger partial charge in [-0.3, -0.25) is 4.31 Å². The first-order valence-corrected chi connectivity index (χ1v) is 8.81. The maximum absolute atomic E-state index is 13.0. The minimum atomic E-state index is -3.73. The van der Waals surface area contributed by atoms with Crippen LogP contribution in [-0.4, -0.2) is 25.5 Å². The Morgan fingerprint density at radius 2 is 1.78 bits per heavy atom. The van der Waals surface area contributed by atoms with E-state index < -0.39 is 16.0 Å². The molecule has 0 bridgehead atoms. The van der Waals surface area contributed by atoms with E-state index in [2.05, 4.69) is 0 Å². The monoisotopic (exact) mass is 331 g/mol. The maximum Gasteiger partial charge on any atom is 0.335 e. The van der Waals surface area contributed by atoms with Crippen LogP contribution in [0.1, 0.15) is 29.3 Å². The van der Waals surface area contributed by atoms with E-state index in [-0.39, 0.29) is 16.5 Å². The van der Waals surface area contributed by atoms with E-state index in [0.29, 0.717) is 5.69 Å². The van der Waals surface area contributed by atoms with Crippen LogP contribution in [0, 0.1) is 0 Å². The molecule has 5 nitrogen and oxygen atoms in total. The first-order valence-electron chi connectivity index (χ1n) is 7.37. The second-order valence-electron chi connectivity index (χ2n) is 5.65. The Morgan fingerprint density at radius 3 is 2.43 bits per heavy atom. The fourth-order valence-corrected chi connectivity index (χ4v) is 4.63. The lowest BCUT2D eigenvalue weighted by Gasteiger charge is -2.36. The second-order valence-corrected chi connectivity index (χ2v) is 7.46. The highest BCUT2D eigenvalue weighted by Crippen LogP contribution is 2.35. The van der Waals surface area contributed by atoms with Gasteiger partial charge in [0.1, 0.15) is 0 Å². The Bertz CT molecular complexity index is 843. The quantitative estimate of drug-likeness (QED) is 0.938. The number of nitrogens with zero attached hydrogens (tertiary/aromatic N) is 1. The number of hydrogen-bond donors (Lipinski definition) is 1. The molecule has 1 N–H and O–H groups in total. The minimum Gasteiger partial charge on any atom is -0.478 e. The van der Waals surface area contributed by atoms with Crippen molar-refractivity contribution < 1.29 is 18.3 Å². The van der Waals surface area contributed by atoms with Crippen LogP contribution in [0.3, 0.4) is 0 Å². The van der Waals surface area contributed by atoms with Crippen molar-refractivity contribution in [2.75, 3.05) is 4.31 Å². The molecule has 0 unspecified atom stereocenters. The molecule has 0 amide bonds. The summed E-state index contributed by atoms with van der Waals surface area (Å²) in [7, 11) is -3.73. The average Bonchev–Trinajstić information content (AvgIpc) is 2.54. The zero-order valence-corrected chi connectivity index (χ0v) is 13.5. The molecule has 0 spiro atoms. The van der Waals surface area contributed by atoms with Crippen LogP contribution in [0.2, 0.25) is 0 Å². The molecule has 1 aliphatic heterocycles. The van der Waals surface area contributed by atoms with E-state index in [1.165, 1.54) is 28.6 Å². The topological polar surface area (TPSA) is 74.7 Å². The molecular weight excluding hydrogens is 314 g/mol. The third-order valence-corrected chi connectivity index (χ3v) is 6.06. The summed E-state index contributed by atoms with van der Waals surface area (Å²) in [4.78, 5) is 11.0. The van der Waals surface area contributed by atoms with Crippen molar-refractivity contribution in [2.45, 2.75) is 30.7 Å². The number of para-hydroxylation sites is 1. The molecule has 6 heteroatoms. The SMILES string of the molecule is C[C@H]1CCc2ccccc2N1S(=O)(=O)c1ccc(C(=O)O)cc1. The van der Waals surface area contributed by atoms with Gasteiger partial charge in [0.05, 0.1) is 16.1 Å². The molecule has 1 aliphatic rings. The van der Waals surface area contributed by atoms with E-state index in [1.54, 1.807) is 0 Å². The predicted octanol–water partition coefficient (Wildman–Crippen LogP) is 2.91. The molecule has 23 heavy (non-hydrogen) atoms. The van der Waals surface area contributed by atoms with Crippen molar-refractivity contribution in [1.29, 1.82) is 0 Å². The molecule has 0 saturated carbocycles. The smallest absolute Gasteiger partial charge is 0.335 e. The van der Waals surface area contributed by atoms with Gasteiger partial charge in [-0.2, -0.15) is 0 Å². The number of carbonyl (C=O) groups is 1. The summed E-state index contributed by atoms with van der Waals surface area (Å²) in [5, 5.41) is 8.94. The molecule has 2 aromatic rings. The Labute approximate surface area is 135 Å². The van der Waals surface area contributed by atoms with E-state index in [0.717, 1.165) is 18.4 Å². The van der Waals surface area contributed by atoms with Gasteiger partial charge in [0.15, 0.2) is 0 Å². The summed E-state index contributed by atoms with van der Waals surface area (Å²) in [5.41, 5.74) is 1.78. The van der Waals surface area contributed by atoms with Crippen molar-refractivity contribution in [3.63, 3.8) is 0 Å². The summed E-state index contributed by atoms with van der Waals surface area (Å²) in [6, 6.07) is 12.7. The van der Waals surface area contributed by atoms with Gasteiger partial charge >= 0.3 is 5.97 Å². The molecule has 2 aromatic carbocycles. The van der Waals surface area contributed by atoms with Crippen molar-refractivity contribution >= 4 is 21.7 Å². The van der Waals surface area contributed by atoms with Crippen molar-refractivity contribution in [2.24, 2.45) is 0 Å². The van der Waals surface area contributed by atoms with E-state index in [4.69, 9.17) is 5.11 Å². The van der Waals surface area contributed by atoms with Crippen LogP contribution in [0.25, 0.3) is 0 Å². The number of aromatic carboxylic acids is 1.